The number of amides is 1. The second kappa shape index (κ2) is 8.99. The fourth-order valence-electron chi connectivity index (χ4n) is 2.80. The molecule has 1 saturated carbocycles. The summed E-state index contributed by atoms with van der Waals surface area (Å²) in [5, 5.41) is 2.80. The summed E-state index contributed by atoms with van der Waals surface area (Å²) in [4.78, 5) is 11.7. The number of benzene rings is 2. The van der Waals surface area contributed by atoms with Crippen LogP contribution in [0.15, 0.2) is 42.5 Å². The number of hydrogen-bond donors (Lipinski definition) is 1. The Labute approximate surface area is 181 Å². The summed E-state index contributed by atoms with van der Waals surface area (Å²) in [7, 11) is 0. The minimum absolute atomic E-state index is 0.0198. The highest BCUT2D eigenvalue weighted by Crippen LogP contribution is 2.41. The second-order valence-corrected chi connectivity index (χ2v) is 8.10. The molecule has 1 aliphatic carbocycles. The van der Waals surface area contributed by atoms with Crippen molar-refractivity contribution in [1.82, 2.24) is 5.32 Å². The molecule has 0 saturated heterocycles. The molecular weight excluding hydrogens is 446 g/mol. The first-order valence-electron chi connectivity index (χ1n) is 8.91. The van der Waals surface area contributed by atoms with Gasteiger partial charge in [-0.25, -0.2) is 0 Å². The number of alkyl halides is 3. The summed E-state index contributed by atoms with van der Waals surface area (Å²) in [5.41, 5.74) is 1.38. The zero-order valence-corrected chi connectivity index (χ0v) is 17.3. The Balaban J connectivity index is 1.73. The van der Waals surface area contributed by atoms with Crippen molar-refractivity contribution >= 4 is 46.8 Å². The molecule has 1 aliphatic rings. The van der Waals surface area contributed by atoms with Crippen LogP contribution in [-0.4, -0.2) is 12.1 Å². The van der Waals surface area contributed by atoms with E-state index in [0.717, 1.165) is 24.5 Å². The molecule has 29 heavy (non-hydrogen) atoms. The quantitative estimate of drug-likeness (QED) is 0.459. The van der Waals surface area contributed by atoms with E-state index >= 15 is 0 Å². The van der Waals surface area contributed by atoms with Crippen LogP contribution in [0.25, 0.3) is 6.08 Å². The van der Waals surface area contributed by atoms with Crippen LogP contribution >= 0.6 is 34.8 Å². The van der Waals surface area contributed by atoms with Gasteiger partial charge in [0, 0.05) is 12.5 Å². The lowest BCUT2D eigenvalue weighted by Crippen LogP contribution is -2.24. The normalized spacial score (nSPS) is 15.5. The number of hydrogen-bond acceptors (Lipinski definition) is 1. The van der Waals surface area contributed by atoms with E-state index in [1.807, 2.05) is 0 Å². The topological polar surface area (TPSA) is 29.1 Å². The highest BCUT2D eigenvalue weighted by atomic mass is 35.5. The second-order valence-electron chi connectivity index (χ2n) is 6.91. The van der Waals surface area contributed by atoms with Gasteiger partial charge in [0.1, 0.15) is 0 Å². The average Bonchev–Trinajstić information content (AvgIpc) is 3.49. The van der Waals surface area contributed by atoms with E-state index in [0.29, 0.717) is 12.1 Å². The lowest BCUT2D eigenvalue weighted by Gasteiger charge is -2.18. The van der Waals surface area contributed by atoms with Crippen LogP contribution in [0.5, 0.6) is 0 Å². The third-order valence-electron chi connectivity index (χ3n) is 4.59. The van der Waals surface area contributed by atoms with Crippen LogP contribution in [0.1, 0.15) is 35.4 Å². The number of rotatable bonds is 6. The fourth-order valence-corrected chi connectivity index (χ4v) is 3.41. The summed E-state index contributed by atoms with van der Waals surface area (Å²) < 4.78 is 40.7. The van der Waals surface area contributed by atoms with Crippen LogP contribution in [0.3, 0.4) is 0 Å². The molecule has 0 bridgehead atoms. The molecule has 1 fully saturated rings. The molecule has 1 N–H and O–H groups in total. The first-order valence-corrected chi connectivity index (χ1v) is 10.0. The smallest absolute Gasteiger partial charge is 0.352 e. The van der Waals surface area contributed by atoms with E-state index in [1.54, 1.807) is 24.3 Å². The van der Waals surface area contributed by atoms with E-state index in [2.05, 4.69) is 5.32 Å². The van der Waals surface area contributed by atoms with E-state index in [-0.39, 0.29) is 32.5 Å². The van der Waals surface area contributed by atoms with Crippen LogP contribution in [0.2, 0.25) is 15.1 Å². The molecule has 1 unspecified atom stereocenters. The third kappa shape index (κ3) is 5.91. The van der Waals surface area contributed by atoms with Crippen LogP contribution in [-0.2, 0) is 11.3 Å². The summed E-state index contributed by atoms with van der Waals surface area (Å²) in [6.07, 6.45) is -0.217. The largest absolute Gasteiger partial charge is 0.399 e. The highest BCUT2D eigenvalue weighted by molar-refractivity contribution is 6.48. The predicted octanol–water partition coefficient (Wildman–Crippen LogP) is 7.03. The first kappa shape index (κ1) is 22.0. The molecule has 8 heteroatoms. The van der Waals surface area contributed by atoms with Gasteiger partial charge in [0.25, 0.3) is 0 Å². The lowest BCUT2D eigenvalue weighted by atomic mass is 9.97. The molecule has 0 heterocycles. The molecule has 0 spiro atoms. The minimum atomic E-state index is -4.52. The Kier molecular flexibility index (Phi) is 6.82. The van der Waals surface area contributed by atoms with Crippen LogP contribution in [0.4, 0.5) is 13.2 Å². The predicted molar refractivity (Wildman–Crippen MR) is 110 cm³/mol. The van der Waals surface area contributed by atoms with Crippen molar-refractivity contribution in [1.29, 1.82) is 0 Å². The maximum absolute atomic E-state index is 13.6. The van der Waals surface area contributed by atoms with Crippen molar-refractivity contribution in [3.63, 3.8) is 0 Å². The van der Waals surface area contributed by atoms with Gasteiger partial charge < -0.3 is 5.32 Å². The maximum atomic E-state index is 13.6. The van der Waals surface area contributed by atoms with Gasteiger partial charge in [-0.2, -0.15) is 13.2 Å². The van der Waals surface area contributed by atoms with Crippen molar-refractivity contribution < 1.29 is 18.0 Å². The molecule has 2 aromatic carbocycles. The zero-order valence-electron chi connectivity index (χ0n) is 15.1. The number of allylic oxidation sites excluding steroid dienone is 1. The molecule has 3 rings (SSSR count). The SMILES string of the molecule is O=C(NCc1ccc(C=CC(c2cc(Cl)c(Cl)c(Cl)c2)C(F)(F)F)cc1)C1CC1. The van der Waals surface area contributed by atoms with E-state index in [9.17, 15) is 18.0 Å². The molecule has 1 amide bonds. The molecule has 1 atom stereocenters. The van der Waals surface area contributed by atoms with E-state index in [1.165, 1.54) is 18.2 Å². The van der Waals surface area contributed by atoms with Gasteiger partial charge >= 0.3 is 6.18 Å². The Morgan fingerprint density at radius 1 is 1.10 bits per heavy atom. The third-order valence-corrected chi connectivity index (χ3v) is 5.79. The van der Waals surface area contributed by atoms with Gasteiger partial charge in [-0.3, -0.25) is 4.79 Å². The van der Waals surface area contributed by atoms with Crippen molar-refractivity contribution in [2.75, 3.05) is 0 Å². The molecule has 0 aliphatic heterocycles. The van der Waals surface area contributed by atoms with Gasteiger partial charge in [-0.15, -0.1) is 0 Å². The molecule has 0 aromatic heterocycles. The van der Waals surface area contributed by atoms with Gasteiger partial charge in [0.15, 0.2) is 0 Å². The average molecular weight is 463 g/mol. The highest BCUT2D eigenvalue weighted by Gasteiger charge is 2.39. The number of nitrogens with one attached hydrogen (secondary N) is 1. The van der Waals surface area contributed by atoms with Crippen LogP contribution < -0.4 is 5.32 Å². The van der Waals surface area contributed by atoms with E-state index in [4.69, 9.17) is 34.8 Å². The Morgan fingerprint density at radius 3 is 2.21 bits per heavy atom. The number of carbonyl (C=O) groups excluding carboxylic acids is 1. The zero-order chi connectivity index (χ0) is 21.2. The summed E-state index contributed by atoms with van der Waals surface area (Å²) in [5.74, 6) is -1.71. The van der Waals surface area contributed by atoms with E-state index < -0.39 is 12.1 Å². The molecule has 2 aromatic rings. The van der Waals surface area contributed by atoms with Gasteiger partial charge in [-0.05, 0) is 41.7 Å². The first-order chi connectivity index (χ1) is 13.6. The molecule has 0 radical (unpaired) electrons. The van der Waals surface area contributed by atoms with Crippen molar-refractivity contribution in [2.24, 2.45) is 5.92 Å². The Morgan fingerprint density at radius 2 is 1.69 bits per heavy atom. The lowest BCUT2D eigenvalue weighted by molar-refractivity contribution is -0.139. The molecule has 154 valence electrons. The summed E-state index contributed by atoms with van der Waals surface area (Å²) in [6, 6.07) is 9.28. The van der Waals surface area contributed by atoms with Crippen molar-refractivity contribution in [2.45, 2.75) is 31.5 Å². The van der Waals surface area contributed by atoms with Crippen LogP contribution in [0, 0.1) is 5.92 Å². The van der Waals surface area contributed by atoms with Gasteiger partial charge in [0.05, 0.1) is 21.0 Å². The molecule has 2 nitrogen and oxygen atoms in total. The Hall–Kier alpha value is -1.69. The molecular formula is C21H17Cl3F3NO. The fraction of sp³-hybridized carbons (Fsp3) is 0.286. The number of carbonyl (C=O) groups is 1. The summed E-state index contributed by atoms with van der Waals surface area (Å²) >= 11 is 17.6. The minimum Gasteiger partial charge on any atom is -0.352 e. The summed E-state index contributed by atoms with van der Waals surface area (Å²) in [6.45, 7) is 0.395. The monoisotopic (exact) mass is 461 g/mol. The van der Waals surface area contributed by atoms with Gasteiger partial charge in [0.2, 0.25) is 5.91 Å². The van der Waals surface area contributed by atoms with Crippen molar-refractivity contribution in [3.8, 4) is 0 Å². The standard InChI is InChI=1S/C21H17Cl3F3NO/c22-17-9-15(10-18(23)19(17)24)16(21(25,26)27)8-5-12-1-3-13(4-2-12)11-28-20(29)14-6-7-14/h1-5,8-10,14,16H,6-7,11H2,(H,28,29). The Bertz CT molecular complexity index is 899. The number of halogens is 6. The van der Waals surface area contributed by atoms with Crippen molar-refractivity contribution in [3.05, 3.63) is 74.2 Å². The maximum Gasteiger partial charge on any atom is 0.399 e. The van der Waals surface area contributed by atoms with Gasteiger partial charge in [-0.1, -0.05) is 71.2 Å².